The topological polar surface area (TPSA) is 77.7 Å². The molecule has 146 valence electrons. The highest BCUT2D eigenvalue weighted by Gasteiger charge is 2.28. The van der Waals surface area contributed by atoms with Crippen LogP contribution in [0.4, 0.5) is 0 Å². The summed E-state index contributed by atoms with van der Waals surface area (Å²) < 4.78 is 2.13. The van der Waals surface area contributed by atoms with Gasteiger partial charge in [0, 0.05) is 39.1 Å². The molecule has 1 aromatic heterocycles. The van der Waals surface area contributed by atoms with Crippen LogP contribution >= 0.6 is 0 Å². The van der Waals surface area contributed by atoms with Gasteiger partial charge in [0.05, 0.1) is 19.2 Å². The molecular weight excluding hydrogens is 332 g/mol. The van der Waals surface area contributed by atoms with Crippen molar-refractivity contribution in [1.29, 1.82) is 0 Å². The number of likely N-dealkylation sites (N-methyl/N-ethyl adjacent to an activating group) is 1. The van der Waals surface area contributed by atoms with Crippen LogP contribution in [-0.4, -0.2) is 93.4 Å². The van der Waals surface area contributed by atoms with Gasteiger partial charge in [-0.1, -0.05) is 0 Å². The number of aliphatic hydroxyl groups is 1. The molecule has 0 aliphatic carbocycles. The molecule has 0 bridgehead atoms. The lowest BCUT2D eigenvalue weighted by Gasteiger charge is -2.32. The van der Waals surface area contributed by atoms with Crippen molar-refractivity contribution in [2.24, 2.45) is 7.05 Å². The SMILES string of the molecule is CN(C)CC(=O)N1CCC(c2nnc(CN3CCC(O)CC3)n2C)CC1. The van der Waals surface area contributed by atoms with Crippen molar-refractivity contribution in [2.45, 2.75) is 44.2 Å². The molecule has 2 fully saturated rings. The second-order valence-electron chi connectivity index (χ2n) is 7.93. The molecule has 2 aliphatic rings. The number of carbonyl (C=O) groups is 1. The van der Waals surface area contributed by atoms with Crippen molar-refractivity contribution in [2.75, 3.05) is 46.8 Å². The van der Waals surface area contributed by atoms with Gasteiger partial charge in [0.25, 0.3) is 0 Å². The van der Waals surface area contributed by atoms with Crippen LogP contribution in [0.3, 0.4) is 0 Å². The number of carbonyl (C=O) groups excluding carboxylic acids is 1. The molecule has 3 heterocycles. The van der Waals surface area contributed by atoms with Gasteiger partial charge in [0.1, 0.15) is 11.6 Å². The molecule has 0 radical (unpaired) electrons. The Kier molecular flexibility index (Phi) is 6.26. The Morgan fingerprint density at radius 1 is 1.12 bits per heavy atom. The molecule has 0 spiro atoms. The van der Waals surface area contributed by atoms with Crippen molar-refractivity contribution in [3.8, 4) is 0 Å². The van der Waals surface area contributed by atoms with E-state index in [1.54, 1.807) is 0 Å². The normalized spacial score (nSPS) is 20.9. The van der Waals surface area contributed by atoms with Crippen LogP contribution in [0.2, 0.25) is 0 Å². The Labute approximate surface area is 155 Å². The van der Waals surface area contributed by atoms with E-state index >= 15 is 0 Å². The van der Waals surface area contributed by atoms with E-state index in [0.29, 0.717) is 12.5 Å². The molecule has 8 heteroatoms. The smallest absolute Gasteiger partial charge is 0.236 e. The minimum Gasteiger partial charge on any atom is -0.393 e. The summed E-state index contributed by atoms with van der Waals surface area (Å²) in [5, 5.41) is 18.5. The Hall–Kier alpha value is -1.51. The maximum atomic E-state index is 12.2. The lowest BCUT2D eigenvalue weighted by molar-refractivity contribution is -0.132. The first kappa shape index (κ1) is 19.3. The van der Waals surface area contributed by atoms with Gasteiger partial charge >= 0.3 is 0 Å². The summed E-state index contributed by atoms with van der Waals surface area (Å²) in [6, 6.07) is 0. The van der Waals surface area contributed by atoms with Crippen molar-refractivity contribution < 1.29 is 9.90 Å². The standard InChI is InChI=1S/C18H32N6O2/c1-21(2)13-17(26)24-10-4-14(5-11-24)18-20-19-16(22(18)3)12-23-8-6-15(25)7-9-23/h14-15,25H,4-13H2,1-3H3. The number of nitrogens with zero attached hydrogens (tertiary/aromatic N) is 6. The van der Waals surface area contributed by atoms with Crippen molar-refractivity contribution in [1.82, 2.24) is 29.5 Å². The zero-order chi connectivity index (χ0) is 18.7. The Morgan fingerprint density at radius 3 is 2.38 bits per heavy atom. The first-order valence-electron chi connectivity index (χ1n) is 9.65. The van der Waals surface area contributed by atoms with E-state index in [4.69, 9.17) is 0 Å². The molecule has 2 saturated heterocycles. The van der Waals surface area contributed by atoms with Gasteiger partial charge in [-0.2, -0.15) is 0 Å². The molecule has 2 aliphatic heterocycles. The second-order valence-corrected chi connectivity index (χ2v) is 7.93. The van der Waals surface area contributed by atoms with Gasteiger partial charge in [0.15, 0.2) is 0 Å². The number of amides is 1. The lowest BCUT2D eigenvalue weighted by atomic mass is 9.96. The molecule has 3 rings (SSSR count). The number of likely N-dealkylation sites (tertiary alicyclic amines) is 2. The molecule has 1 aromatic rings. The highest BCUT2D eigenvalue weighted by atomic mass is 16.3. The predicted octanol–water partition coefficient (Wildman–Crippen LogP) is 0.0394. The fraction of sp³-hybridized carbons (Fsp3) is 0.833. The third-order valence-electron chi connectivity index (χ3n) is 5.59. The van der Waals surface area contributed by atoms with Gasteiger partial charge < -0.3 is 19.5 Å². The number of hydrogen-bond acceptors (Lipinski definition) is 6. The average Bonchev–Trinajstić information content (AvgIpc) is 2.97. The molecule has 0 atom stereocenters. The van der Waals surface area contributed by atoms with Crippen molar-refractivity contribution in [3.63, 3.8) is 0 Å². The minimum atomic E-state index is -0.151. The van der Waals surface area contributed by atoms with Crippen LogP contribution < -0.4 is 0 Å². The summed E-state index contributed by atoms with van der Waals surface area (Å²) in [7, 11) is 5.90. The largest absolute Gasteiger partial charge is 0.393 e. The van der Waals surface area contributed by atoms with E-state index in [1.807, 2.05) is 30.9 Å². The number of hydrogen-bond donors (Lipinski definition) is 1. The molecule has 1 N–H and O–H groups in total. The maximum Gasteiger partial charge on any atom is 0.236 e. The molecular formula is C18H32N6O2. The quantitative estimate of drug-likeness (QED) is 0.795. The minimum absolute atomic E-state index is 0.151. The Balaban J connectivity index is 1.54. The maximum absolute atomic E-state index is 12.2. The van der Waals surface area contributed by atoms with Crippen LogP contribution in [0.5, 0.6) is 0 Å². The molecule has 1 amide bonds. The zero-order valence-corrected chi connectivity index (χ0v) is 16.3. The zero-order valence-electron chi connectivity index (χ0n) is 16.3. The summed E-state index contributed by atoms with van der Waals surface area (Å²) in [4.78, 5) is 18.4. The number of aromatic nitrogens is 3. The Morgan fingerprint density at radius 2 is 1.77 bits per heavy atom. The lowest BCUT2D eigenvalue weighted by Crippen LogP contribution is -2.42. The fourth-order valence-electron chi connectivity index (χ4n) is 3.90. The number of piperidine rings is 2. The number of rotatable bonds is 5. The van der Waals surface area contributed by atoms with Gasteiger partial charge in [-0.25, -0.2) is 0 Å². The van der Waals surface area contributed by atoms with Crippen molar-refractivity contribution in [3.05, 3.63) is 11.6 Å². The monoisotopic (exact) mass is 364 g/mol. The first-order valence-corrected chi connectivity index (χ1v) is 9.65. The predicted molar refractivity (Wildman–Crippen MR) is 98.6 cm³/mol. The number of aliphatic hydroxyl groups excluding tert-OH is 1. The summed E-state index contributed by atoms with van der Waals surface area (Å²) in [5.74, 6) is 2.60. The van der Waals surface area contributed by atoms with Crippen LogP contribution in [0.1, 0.15) is 43.3 Å². The Bertz CT molecular complexity index is 601. The first-order chi connectivity index (χ1) is 12.4. The summed E-state index contributed by atoms with van der Waals surface area (Å²) in [5.41, 5.74) is 0. The fourth-order valence-corrected chi connectivity index (χ4v) is 3.90. The van der Waals surface area contributed by atoms with E-state index in [2.05, 4.69) is 19.7 Å². The highest BCUT2D eigenvalue weighted by Crippen LogP contribution is 2.27. The van der Waals surface area contributed by atoms with Gasteiger partial charge in [0.2, 0.25) is 5.91 Å². The van der Waals surface area contributed by atoms with Crippen LogP contribution in [0, 0.1) is 0 Å². The summed E-state index contributed by atoms with van der Waals surface area (Å²) >= 11 is 0. The van der Waals surface area contributed by atoms with Gasteiger partial charge in [-0.05, 0) is 39.8 Å². The molecule has 0 saturated carbocycles. The van der Waals surface area contributed by atoms with Gasteiger partial charge in [-0.3, -0.25) is 9.69 Å². The second kappa shape index (κ2) is 8.45. The third-order valence-corrected chi connectivity index (χ3v) is 5.59. The average molecular weight is 364 g/mol. The summed E-state index contributed by atoms with van der Waals surface area (Å²) in [6.45, 7) is 4.68. The van der Waals surface area contributed by atoms with E-state index in [1.165, 1.54) is 0 Å². The highest BCUT2D eigenvalue weighted by molar-refractivity contribution is 5.78. The van der Waals surface area contributed by atoms with E-state index in [9.17, 15) is 9.90 Å². The molecule has 0 aromatic carbocycles. The van der Waals surface area contributed by atoms with E-state index < -0.39 is 0 Å². The van der Waals surface area contributed by atoms with Crippen LogP contribution in [0.15, 0.2) is 0 Å². The van der Waals surface area contributed by atoms with Gasteiger partial charge in [-0.15, -0.1) is 10.2 Å². The van der Waals surface area contributed by atoms with E-state index in [-0.39, 0.29) is 12.0 Å². The van der Waals surface area contributed by atoms with E-state index in [0.717, 1.165) is 70.1 Å². The van der Waals surface area contributed by atoms with Crippen LogP contribution in [0.25, 0.3) is 0 Å². The van der Waals surface area contributed by atoms with Crippen LogP contribution in [-0.2, 0) is 18.4 Å². The third kappa shape index (κ3) is 4.61. The summed E-state index contributed by atoms with van der Waals surface area (Å²) in [6.07, 6.45) is 3.41. The molecule has 26 heavy (non-hydrogen) atoms. The molecule has 0 unspecified atom stereocenters. The van der Waals surface area contributed by atoms with Crippen molar-refractivity contribution >= 4 is 5.91 Å². The molecule has 8 nitrogen and oxygen atoms in total.